The van der Waals surface area contributed by atoms with E-state index in [4.69, 9.17) is 4.74 Å². The third-order valence-corrected chi connectivity index (χ3v) is 4.07. The van der Waals surface area contributed by atoms with Crippen LogP contribution in [0.1, 0.15) is 73.1 Å². The summed E-state index contributed by atoms with van der Waals surface area (Å²) in [5, 5.41) is 0. The van der Waals surface area contributed by atoms with Crippen LogP contribution >= 0.6 is 0 Å². The average Bonchev–Trinajstić information content (AvgIpc) is 2.40. The van der Waals surface area contributed by atoms with Crippen LogP contribution in [0.2, 0.25) is 0 Å². The molecule has 0 aromatic heterocycles. The monoisotopic (exact) mass is 270 g/mol. The van der Waals surface area contributed by atoms with Gasteiger partial charge in [-0.15, -0.1) is 0 Å². The van der Waals surface area contributed by atoms with E-state index in [9.17, 15) is 9.59 Å². The van der Waals surface area contributed by atoms with Crippen LogP contribution in [0.25, 0.3) is 0 Å². The molecule has 3 nitrogen and oxygen atoms in total. The van der Waals surface area contributed by atoms with Crippen molar-refractivity contribution in [2.75, 3.05) is 6.61 Å². The minimum absolute atomic E-state index is 0.0851. The molecule has 0 saturated heterocycles. The minimum atomic E-state index is -0.632. The van der Waals surface area contributed by atoms with Crippen LogP contribution in [0, 0.1) is 5.92 Å². The number of unbranched alkanes of at least 4 members (excludes halogenated alkanes) is 2. The summed E-state index contributed by atoms with van der Waals surface area (Å²) in [5.74, 6) is 0.643. The van der Waals surface area contributed by atoms with Gasteiger partial charge in [0.2, 0.25) is 0 Å². The highest BCUT2D eigenvalue weighted by atomic mass is 16.5. The van der Waals surface area contributed by atoms with Gasteiger partial charge in [0.25, 0.3) is 0 Å². The van der Waals surface area contributed by atoms with Crippen molar-refractivity contribution in [3.63, 3.8) is 0 Å². The molecule has 0 rings (SSSR count). The van der Waals surface area contributed by atoms with E-state index in [2.05, 4.69) is 0 Å². The third-order valence-electron chi connectivity index (χ3n) is 4.07. The highest BCUT2D eigenvalue weighted by molar-refractivity contribution is 5.84. The number of ether oxygens (including phenoxy) is 1. The van der Waals surface area contributed by atoms with Crippen LogP contribution in [-0.4, -0.2) is 23.8 Å². The van der Waals surface area contributed by atoms with Crippen LogP contribution < -0.4 is 0 Å². The van der Waals surface area contributed by atoms with Crippen molar-refractivity contribution < 1.29 is 14.3 Å². The third kappa shape index (κ3) is 6.86. The maximum atomic E-state index is 11.6. The summed E-state index contributed by atoms with van der Waals surface area (Å²) in [7, 11) is 0. The molecule has 0 radical (unpaired) electrons. The molecule has 19 heavy (non-hydrogen) atoms. The maximum absolute atomic E-state index is 11.6. The fraction of sp³-hybridized carbons (Fsp3) is 0.875. The predicted octanol–water partition coefficient (Wildman–Crippen LogP) is 3.94. The lowest BCUT2D eigenvalue weighted by molar-refractivity contribution is -0.140. The lowest BCUT2D eigenvalue weighted by Crippen LogP contribution is -2.36. The molecule has 0 heterocycles. The van der Waals surface area contributed by atoms with Crippen molar-refractivity contribution in [3.05, 3.63) is 0 Å². The van der Waals surface area contributed by atoms with Gasteiger partial charge in [0.15, 0.2) is 5.78 Å². The lowest BCUT2D eigenvalue weighted by atomic mass is 9.98. The van der Waals surface area contributed by atoms with Crippen molar-refractivity contribution in [1.29, 1.82) is 0 Å². The van der Waals surface area contributed by atoms with Gasteiger partial charge in [-0.05, 0) is 39.5 Å². The normalized spacial score (nSPS) is 15.8. The number of hydrogen-bond acceptors (Lipinski definition) is 3. The molecule has 0 fully saturated rings. The Morgan fingerprint density at radius 1 is 1.16 bits per heavy atom. The van der Waals surface area contributed by atoms with Gasteiger partial charge in [0.05, 0.1) is 0 Å². The zero-order valence-electron chi connectivity index (χ0n) is 13.3. The molecule has 112 valence electrons. The number of carbonyl (C=O) groups excluding carboxylic acids is 2. The maximum Gasteiger partial charge on any atom is 0.161 e. The summed E-state index contributed by atoms with van der Waals surface area (Å²) in [6, 6.07) is 0. The number of ketones is 2. The molecule has 0 saturated carbocycles. The van der Waals surface area contributed by atoms with Gasteiger partial charge in [-0.1, -0.05) is 27.2 Å². The summed E-state index contributed by atoms with van der Waals surface area (Å²) in [5.41, 5.74) is -0.632. The average molecular weight is 270 g/mol. The fourth-order valence-electron chi connectivity index (χ4n) is 1.80. The molecule has 0 amide bonds. The Balaban J connectivity index is 3.71. The van der Waals surface area contributed by atoms with Crippen LogP contribution in [0.4, 0.5) is 0 Å². The molecular weight excluding hydrogens is 240 g/mol. The van der Waals surface area contributed by atoms with E-state index in [1.807, 2.05) is 27.7 Å². The van der Waals surface area contributed by atoms with Gasteiger partial charge >= 0.3 is 0 Å². The second kappa shape index (κ2) is 9.24. The fourth-order valence-corrected chi connectivity index (χ4v) is 1.80. The molecule has 0 bridgehead atoms. The summed E-state index contributed by atoms with van der Waals surface area (Å²) in [4.78, 5) is 23.1. The molecular formula is C16H30O3. The van der Waals surface area contributed by atoms with Gasteiger partial charge in [0.1, 0.15) is 11.4 Å². The van der Waals surface area contributed by atoms with Crippen LogP contribution in [-0.2, 0) is 14.3 Å². The topological polar surface area (TPSA) is 43.4 Å². The molecule has 0 aromatic rings. The molecule has 2 unspecified atom stereocenters. The highest BCUT2D eigenvalue weighted by Gasteiger charge is 2.27. The Morgan fingerprint density at radius 2 is 1.79 bits per heavy atom. The van der Waals surface area contributed by atoms with Crippen molar-refractivity contribution in [3.8, 4) is 0 Å². The largest absolute Gasteiger partial charge is 0.368 e. The molecule has 0 aliphatic rings. The summed E-state index contributed by atoms with van der Waals surface area (Å²) >= 11 is 0. The Morgan fingerprint density at radius 3 is 2.26 bits per heavy atom. The van der Waals surface area contributed by atoms with Crippen molar-refractivity contribution in [1.82, 2.24) is 0 Å². The van der Waals surface area contributed by atoms with Crippen LogP contribution in [0.3, 0.4) is 0 Å². The molecule has 2 atom stereocenters. The SMILES string of the molecule is CCC(C)C(=O)CCCCCOC(C)(CC)C(C)=O. The van der Waals surface area contributed by atoms with Gasteiger partial charge in [-0.2, -0.15) is 0 Å². The Labute approximate surface area is 118 Å². The number of carbonyl (C=O) groups is 2. The van der Waals surface area contributed by atoms with Gasteiger partial charge in [0, 0.05) is 18.9 Å². The van der Waals surface area contributed by atoms with Gasteiger partial charge in [-0.25, -0.2) is 0 Å². The summed E-state index contributed by atoms with van der Waals surface area (Å²) in [6.45, 7) is 10.0. The Bertz CT molecular complexity index is 286. The van der Waals surface area contributed by atoms with E-state index < -0.39 is 5.60 Å². The number of hydrogen-bond donors (Lipinski definition) is 0. The van der Waals surface area contributed by atoms with Crippen molar-refractivity contribution >= 4 is 11.6 Å². The summed E-state index contributed by atoms with van der Waals surface area (Å²) < 4.78 is 5.68. The second-order valence-electron chi connectivity index (χ2n) is 5.58. The van der Waals surface area contributed by atoms with E-state index in [1.54, 1.807) is 6.92 Å². The number of Topliss-reactive ketones (excluding diaryl/α,β-unsaturated/α-hetero) is 2. The van der Waals surface area contributed by atoms with Crippen molar-refractivity contribution in [2.24, 2.45) is 5.92 Å². The Kier molecular flexibility index (Phi) is 8.90. The zero-order chi connectivity index (χ0) is 14.9. The molecule has 0 aliphatic heterocycles. The smallest absolute Gasteiger partial charge is 0.161 e. The first-order chi connectivity index (χ1) is 8.87. The zero-order valence-corrected chi connectivity index (χ0v) is 13.3. The van der Waals surface area contributed by atoms with Crippen LogP contribution in [0.15, 0.2) is 0 Å². The second-order valence-corrected chi connectivity index (χ2v) is 5.58. The highest BCUT2D eigenvalue weighted by Crippen LogP contribution is 2.17. The first kappa shape index (κ1) is 18.3. The van der Waals surface area contributed by atoms with E-state index in [0.717, 1.165) is 25.7 Å². The first-order valence-corrected chi connectivity index (χ1v) is 7.55. The van der Waals surface area contributed by atoms with Crippen molar-refractivity contribution in [2.45, 2.75) is 78.7 Å². The molecule has 0 aromatic carbocycles. The first-order valence-electron chi connectivity index (χ1n) is 7.55. The van der Waals surface area contributed by atoms with Gasteiger partial charge < -0.3 is 4.74 Å². The summed E-state index contributed by atoms with van der Waals surface area (Å²) in [6.07, 6.45) is 5.13. The van der Waals surface area contributed by atoms with E-state index in [1.165, 1.54) is 0 Å². The standard InChI is InChI=1S/C16H30O3/c1-6-13(3)15(18)11-9-8-10-12-19-16(5,7-2)14(4)17/h13H,6-12H2,1-5H3. The molecule has 3 heteroatoms. The van der Waals surface area contributed by atoms with E-state index in [0.29, 0.717) is 25.2 Å². The lowest BCUT2D eigenvalue weighted by Gasteiger charge is -2.25. The molecule has 0 spiro atoms. The van der Waals surface area contributed by atoms with E-state index in [-0.39, 0.29) is 11.7 Å². The molecule has 0 aliphatic carbocycles. The van der Waals surface area contributed by atoms with E-state index >= 15 is 0 Å². The van der Waals surface area contributed by atoms with Crippen LogP contribution in [0.5, 0.6) is 0 Å². The molecule has 0 N–H and O–H groups in total. The predicted molar refractivity (Wildman–Crippen MR) is 78.3 cm³/mol. The quantitative estimate of drug-likeness (QED) is 0.534. The van der Waals surface area contributed by atoms with Gasteiger partial charge in [-0.3, -0.25) is 9.59 Å². The Hall–Kier alpha value is -0.700. The number of rotatable bonds is 11. The minimum Gasteiger partial charge on any atom is -0.368 e.